The van der Waals surface area contributed by atoms with Crippen molar-refractivity contribution in [3.63, 3.8) is 0 Å². The minimum absolute atomic E-state index is 0.0906. The Hall–Kier alpha value is -0.590. The van der Waals surface area contributed by atoms with Gasteiger partial charge >= 0.3 is 0 Å². The van der Waals surface area contributed by atoms with E-state index in [-0.39, 0.29) is 5.91 Å². The number of rotatable bonds is 5. The molecule has 0 radical (unpaired) electrons. The highest BCUT2D eigenvalue weighted by molar-refractivity contribution is 8.26. The van der Waals surface area contributed by atoms with E-state index in [0.29, 0.717) is 32.4 Å². The van der Waals surface area contributed by atoms with Crippen LogP contribution in [0.3, 0.4) is 0 Å². The summed E-state index contributed by atoms with van der Waals surface area (Å²) < 4.78 is 5.55. The lowest BCUT2D eigenvalue weighted by Gasteiger charge is -2.13. The van der Waals surface area contributed by atoms with Crippen molar-refractivity contribution in [2.24, 2.45) is 0 Å². The van der Waals surface area contributed by atoms with Gasteiger partial charge in [0.15, 0.2) is 0 Å². The molecule has 0 aromatic heterocycles. The van der Waals surface area contributed by atoms with Gasteiger partial charge in [-0.15, -0.1) is 0 Å². The highest BCUT2D eigenvalue weighted by Gasteiger charge is 2.31. The van der Waals surface area contributed by atoms with Crippen LogP contribution < -0.4 is 0 Å². The second kappa shape index (κ2) is 7.61. The summed E-state index contributed by atoms with van der Waals surface area (Å²) in [4.78, 5) is 14.5. The van der Waals surface area contributed by atoms with Gasteiger partial charge in [-0.25, -0.2) is 0 Å². The minimum atomic E-state index is -0.0906. The first kappa shape index (κ1) is 16.8. The Kier molecular flexibility index (Phi) is 6.08. The maximum Gasteiger partial charge on any atom is 0.266 e. The van der Waals surface area contributed by atoms with E-state index in [1.54, 1.807) is 36.3 Å². The van der Waals surface area contributed by atoms with Gasteiger partial charge in [0.25, 0.3) is 5.91 Å². The molecule has 0 bridgehead atoms. The maximum absolute atomic E-state index is 12.3. The van der Waals surface area contributed by atoms with Crippen molar-refractivity contribution < 1.29 is 9.53 Å². The van der Waals surface area contributed by atoms with Crippen LogP contribution in [0.2, 0.25) is 10.0 Å². The molecule has 1 aromatic rings. The van der Waals surface area contributed by atoms with E-state index in [4.69, 9.17) is 40.2 Å². The molecule has 0 saturated carbocycles. The van der Waals surface area contributed by atoms with E-state index in [1.807, 2.05) is 0 Å². The first-order valence-electron chi connectivity index (χ1n) is 6.22. The number of carbonyl (C=O) groups is 1. The number of hydrogen-bond donors (Lipinski definition) is 0. The quantitative estimate of drug-likeness (QED) is 0.445. The van der Waals surface area contributed by atoms with Gasteiger partial charge in [-0.2, -0.15) is 0 Å². The molecule has 1 aliphatic heterocycles. The zero-order valence-electron chi connectivity index (χ0n) is 11.3. The van der Waals surface area contributed by atoms with Crippen LogP contribution in [0.25, 0.3) is 6.08 Å². The summed E-state index contributed by atoms with van der Waals surface area (Å²) >= 11 is 18.5. The molecule has 0 spiro atoms. The molecular weight excluding hydrogens is 349 g/mol. The van der Waals surface area contributed by atoms with Crippen molar-refractivity contribution in [1.82, 2.24) is 4.90 Å². The number of hydrogen-bond acceptors (Lipinski definition) is 4. The first-order valence-corrected chi connectivity index (χ1v) is 8.20. The fourth-order valence-electron chi connectivity index (χ4n) is 1.82. The Balaban J connectivity index is 2.16. The van der Waals surface area contributed by atoms with Crippen LogP contribution in [-0.2, 0) is 9.53 Å². The summed E-state index contributed by atoms with van der Waals surface area (Å²) in [6.07, 6.45) is 2.49. The average Bonchev–Trinajstić information content (AvgIpc) is 2.69. The Labute approximate surface area is 143 Å². The number of carbonyl (C=O) groups excluding carboxylic acids is 1. The molecule has 0 unspecified atom stereocenters. The summed E-state index contributed by atoms with van der Waals surface area (Å²) in [6, 6.07) is 5.16. The normalized spacial score (nSPS) is 17.1. The van der Waals surface area contributed by atoms with Crippen LogP contribution >= 0.6 is 47.2 Å². The average molecular weight is 362 g/mol. The molecular formula is C14H13Cl2NO2S2. The molecule has 0 aliphatic carbocycles. The molecule has 1 saturated heterocycles. The Bertz CT molecular complexity index is 605. The van der Waals surface area contributed by atoms with Gasteiger partial charge in [0.05, 0.1) is 4.91 Å². The van der Waals surface area contributed by atoms with Crippen LogP contribution in [0.5, 0.6) is 0 Å². The van der Waals surface area contributed by atoms with Gasteiger partial charge < -0.3 is 4.74 Å². The standard InChI is InChI=1S/C14H13Cl2NO2S2/c1-19-6-2-5-17-13(18)12(21-14(17)20)7-9-3-4-10(15)8-11(9)16/h3-4,7-8H,2,5-6H2,1H3. The van der Waals surface area contributed by atoms with Crippen LogP contribution in [0.1, 0.15) is 12.0 Å². The van der Waals surface area contributed by atoms with Gasteiger partial charge in [0.2, 0.25) is 0 Å². The molecule has 21 heavy (non-hydrogen) atoms. The predicted octanol–water partition coefficient (Wildman–Crippen LogP) is 4.23. The van der Waals surface area contributed by atoms with E-state index in [1.165, 1.54) is 11.8 Å². The molecule has 1 heterocycles. The summed E-state index contributed by atoms with van der Waals surface area (Å²) in [5, 5.41) is 1.07. The number of amides is 1. The molecule has 7 heteroatoms. The highest BCUT2D eigenvalue weighted by Crippen LogP contribution is 2.34. The smallest absolute Gasteiger partial charge is 0.266 e. The monoisotopic (exact) mass is 361 g/mol. The predicted molar refractivity (Wildman–Crippen MR) is 92.8 cm³/mol. The second-order valence-electron chi connectivity index (χ2n) is 4.35. The maximum atomic E-state index is 12.3. The van der Waals surface area contributed by atoms with Crippen LogP contribution in [0, 0.1) is 0 Å². The van der Waals surface area contributed by atoms with Crippen LogP contribution in [0.15, 0.2) is 23.1 Å². The zero-order valence-corrected chi connectivity index (χ0v) is 14.4. The molecule has 0 atom stereocenters. The Morgan fingerprint density at radius 2 is 2.19 bits per heavy atom. The fourth-order valence-corrected chi connectivity index (χ4v) is 3.58. The van der Waals surface area contributed by atoms with Gasteiger partial charge in [-0.05, 0) is 30.2 Å². The fraction of sp³-hybridized carbons (Fsp3) is 0.286. The van der Waals surface area contributed by atoms with Gasteiger partial charge in [0.1, 0.15) is 4.32 Å². The van der Waals surface area contributed by atoms with Crippen molar-refractivity contribution >= 4 is 63.5 Å². The molecule has 2 rings (SSSR count). The lowest BCUT2D eigenvalue weighted by molar-refractivity contribution is -0.122. The zero-order chi connectivity index (χ0) is 15.4. The van der Waals surface area contributed by atoms with E-state index in [0.717, 1.165) is 12.0 Å². The number of ether oxygens (including phenoxy) is 1. The molecule has 1 fully saturated rings. The molecule has 3 nitrogen and oxygen atoms in total. The lowest BCUT2D eigenvalue weighted by Crippen LogP contribution is -2.29. The second-order valence-corrected chi connectivity index (χ2v) is 6.86. The molecule has 1 amide bonds. The molecule has 112 valence electrons. The molecule has 0 N–H and O–H groups in total. The topological polar surface area (TPSA) is 29.5 Å². The highest BCUT2D eigenvalue weighted by atomic mass is 35.5. The number of benzene rings is 1. The Morgan fingerprint density at radius 1 is 1.43 bits per heavy atom. The SMILES string of the molecule is COCCCN1C(=O)C(=Cc2ccc(Cl)cc2Cl)SC1=S. The summed E-state index contributed by atoms with van der Waals surface area (Å²) in [5.41, 5.74) is 0.749. The number of thioether (sulfide) groups is 1. The summed E-state index contributed by atoms with van der Waals surface area (Å²) in [6.45, 7) is 1.16. The summed E-state index contributed by atoms with van der Waals surface area (Å²) in [7, 11) is 1.63. The first-order chi connectivity index (χ1) is 10.0. The van der Waals surface area contributed by atoms with E-state index < -0.39 is 0 Å². The molecule has 1 aliphatic rings. The van der Waals surface area contributed by atoms with E-state index >= 15 is 0 Å². The lowest BCUT2D eigenvalue weighted by atomic mass is 10.2. The number of thiocarbonyl (C=S) groups is 1. The van der Waals surface area contributed by atoms with Crippen molar-refractivity contribution in [2.75, 3.05) is 20.3 Å². The van der Waals surface area contributed by atoms with Gasteiger partial charge in [-0.1, -0.05) is 53.2 Å². The minimum Gasteiger partial charge on any atom is -0.385 e. The van der Waals surface area contributed by atoms with Crippen molar-refractivity contribution in [3.05, 3.63) is 38.7 Å². The molecule has 1 aromatic carbocycles. The van der Waals surface area contributed by atoms with Crippen molar-refractivity contribution in [2.45, 2.75) is 6.42 Å². The number of nitrogens with zero attached hydrogens (tertiary/aromatic N) is 1. The Morgan fingerprint density at radius 3 is 2.86 bits per heavy atom. The third kappa shape index (κ3) is 4.20. The van der Waals surface area contributed by atoms with Crippen molar-refractivity contribution in [1.29, 1.82) is 0 Å². The third-order valence-corrected chi connectivity index (χ3v) is 4.79. The van der Waals surface area contributed by atoms with Crippen LogP contribution in [-0.4, -0.2) is 35.4 Å². The number of halogens is 2. The van der Waals surface area contributed by atoms with Gasteiger partial charge in [0, 0.05) is 30.3 Å². The number of methoxy groups -OCH3 is 1. The largest absolute Gasteiger partial charge is 0.385 e. The van der Waals surface area contributed by atoms with Crippen LogP contribution in [0.4, 0.5) is 0 Å². The van der Waals surface area contributed by atoms with E-state index in [2.05, 4.69) is 0 Å². The summed E-state index contributed by atoms with van der Waals surface area (Å²) in [5.74, 6) is -0.0906. The van der Waals surface area contributed by atoms with Crippen molar-refractivity contribution in [3.8, 4) is 0 Å². The van der Waals surface area contributed by atoms with E-state index in [9.17, 15) is 4.79 Å². The van der Waals surface area contributed by atoms with Gasteiger partial charge in [-0.3, -0.25) is 9.69 Å². The third-order valence-electron chi connectivity index (χ3n) is 2.85.